The van der Waals surface area contributed by atoms with Crippen LogP contribution in [-0.2, 0) is 11.3 Å². The summed E-state index contributed by atoms with van der Waals surface area (Å²) in [5, 5.41) is 7.00. The third-order valence-corrected chi connectivity index (χ3v) is 5.04. The van der Waals surface area contributed by atoms with Gasteiger partial charge in [0.25, 0.3) is 0 Å². The number of pyridine rings is 1. The number of ether oxygens (including phenoxy) is 2. The van der Waals surface area contributed by atoms with Crippen LogP contribution in [0.5, 0.6) is 5.75 Å². The van der Waals surface area contributed by atoms with Gasteiger partial charge in [0.15, 0.2) is 0 Å². The van der Waals surface area contributed by atoms with Gasteiger partial charge in [-0.1, -0.05) is 23.7 Å². The molecular formula is C22H22ClFN4O4. The lowest BCUT2D eigenvalue weighted by atomic mass is 10.2. The SMILES string of the molecule is COc1cccc(CNC(=O)N(C)CCOC(=O)Nc2cc3cc(F)ccc3cn2)c1Cl. The van der Waals surface area contributed by atoms with E-state index in [1.165, 1.54) is 30.3 Å². The van der Waals surface area contributed by atoms with Crippen LogP contribution in [0.15, 0.2) is 48.7 Å². The van der Waals surface area contributed by atoms with Crippen molar-refractivity contribution in [2.75, 3.05) is 32.6 Å². The summed E-state index contributed by atoms with van der Waals surface area (Å²) < 4.78 is 23.6. The van der Waals surface area contributed by atoms with Crippen LogP contribution in [0.25, 0.3) is 10.8 Å². The van der Waals surface area contributed by atoms with Gasteiger partial charge in [-0.05, 0) is 41.3 Å². The van der Waals surface area contributed by atoms with E-state index in [9.17, 15) is 14.0 Å². The Morgan fingerprint density at radius 2 is 2.00 bits per heavy atom. The van der Waals surface area contributed by atoms with Crippen molar-refractivity contribution >= 4 is 40.3 Å². The molecule has 32 heavy (non-hydrogen) atoms. The highest BCUT2D eigenvalue weighted by atomic mass is 35.5. The van der Waals surface area contributed by atoms with Crippen molar-refractivity contribution in [1.29, 1.82) is 0 Å². The van der Waals surface area contributed by atoms with Crippen molar-refractivity contribution in [3.8, 4) is 5.75 Å². The molecule has 0 radical (unpaired) electrons. The number of halogens is 2. The van der Waals surface area contributed by atoms with Crippen LogP contribution in [-0.4, -0.2) is 49.3 Å². The molecule has 1 aromatic heterocycles. The molecule has 0 aliphatic heterocycles. The smallest absolute Gasteiger partial charge is 0.412 e. The topological polar surface area (TPSA) is 92.8 Å². The summed E-state index contributed by atoms with van der Waals surface area (Å²) in [6, 6.07) is 10.8. The highest BCUT2D eigenvalue weighted by molar-refractivity contribution is 6.32. The third-order valence-electron chi connectivity index (χ3n) is 4.61. The summed E-state index contributed by atoms with van der Waals surface area (Å²) in [5.41, 5.74) is 0.714. The van der Waals surface area contributed by atoms with Crippen LogP contribution in [0.1, 0.15) is 5.56 Å². The maximum absolute atomic E-state index is 13.4. The van der Waals surface area contributed by atoms with Crippen molar-refractivity contribution in [1.82, 2.24) is 15.2 Å². The number of carbonyl (C=O) groups excluding carboxylic acids is 2. The molecule has 0 aliphatic carbocycles. The first-order valence-electron chi connectivity index (χ1n) is 9.67. The first kappa shape index (κ1) is 23.1. The van der Waals surface area contributed by atoms with Crippen LogP contribution in [0, 0.1) is 5.82 Å². The predicted octanol–water partition coefficient (Wildman–Crippen LogP) is 4.43. The number of methoxy groups -OCH3 is 1. The van der Waals surface area contributed by atoms with Crippen molar-refractivity contribution in [2.45, 2.75) is 6.54 Å². The number of amides is 3. The van der Waals surface area contributed by atoms with Gasteiger partial charge in [0.2, 0.25) is 0 Å². The average molecular weight is 461 g/mol. The maximum Gasteiger partial charge on any atom is 0.412 e. The summed E-state index contributed by atoms with van der Waals surface area (Å²) in [7, 11) is 3.09. The molecule has 0 fully saturated rings. The quantitative estimate of drug-likeness (QED) is 0.544. The fraction of sp³-hybridized carbons (Fsp3) is 0.227. The van der Waals surface area contributed by atoms with Crippen molar-refractivity contribution < 1.29 is 23.5 Å². The van der Waals surface area contributed by atoms with Gasteiger partial charge in [0, 0.05) is 25.2 Å². The summed E-state index contributed by atoms with van der Waals surface area (Å²) in [6.45, 7) is 0.355. The minimum absolute atomic E-state index is 0.0299. The molecule has 0 atom stereocenters. The Bertz CT molecular complexity index is 1130. The molecular weight excluding hydrogens is 439 g/mol. The van der Waals surface area contributed by atoms with Crippen LogP contribution >= 0.6 is 11.6 Å². The average Bonchev–Trinajstić information content (AvgIpc) is 2.77. The fourth-order valence-corrected chi connectivity index (χ4v) is 3.12. The molecule has 0 saturated heterocycles. The highest BCUT2D eigenvalue weighted by Gasteiger charge is 2.12. The minimum Gasteiger partial charge on any atom is -0.495 e. The first-order valence-corrected chi connectivity index (χ1v) is 10.0. The Labute approximate surface area is 189 Å². The number of aromatic nitrogens is 1. The molecule has 8 nitrogen and oxygen atoms in total. The number of hydrogen-bond donors (Lipinski definition) is 2. The molecule has 3 aromatic rings. The van der Waals surface area contributed by atoms with Crippen molar-refractivity contribution in [2.24, 2.45) is 0 Å². The van der Waals surface area contributed by atoms with Gasteiger partial charge >= 0.3 is 12.1 Å². The van der Waals surface area contributed by atoms with Gasteiger partial charge in [-0.15, -0.1) is 0 Å². The number of nitrogens with zero attached hydrogens (tertiary/aromatic N) is 2. The Balaban J connectivity index is 1.43. The lowest BCUT2D eigenvalue weighted by molar-refractivity contribution is 0.146. The van der Waals surface area contributed by atoms with Crippen molar-refractivity contribution in [3.63, 3.8) is 0 Å². The van der Waals surface area contributed by atoms with E-state index in [0.717, 1.165) is 5.39 Å². The summed E-state index contributed by atoms with van der Waals surface area (Å²) >= 11 is 6.22. The number of nitrogens with one attached hydrogen (secondary N) is 2. The lowest BCUT2D eigenvalue weighted by Crippen LogP contribution is -2.39. The Kier molecular flexibility index (Phi) is 7.67. The molecule has 10 heteroatoms. The second-order valence-corrected chi connectivity index (χ2v) is 7.21. The van der Waals surface area contributed by atoms with E-state index in [1.54, 1.807) is 37.4 Å². The standard InChI is InChI=1S/C22H22ClFN4O4/c1-28(21(29)26-13-15-4-3-5-18(31-2)20(15)23)8-9-32-22(30)27-19-11-16-10-17(24)7-6-14(16)12-25-19/h3-7,10-12H,8-9,13H2,1-2H3,(H,26,29)(H,25,27,30). The van der Waals surface area contributed by atoms with Gasteiger partial charge in [-0.25, -0.2) is 19.0 Å². The lowest BCUT2D eigenvalue weighted by Gasteiger charge is -2.18. The summed E-state index contributed by atoms with van der Waals surface area (Å²) in [4.78, 5) is 29.7. The fourth-order valence-electron chi connectivity index (χ4n) is 2.85. The second-order valence-electron chi connectivity index (χ2n) is 6.84. The molecule has 3 rings (SSSR count). The van der Waals surface area contributed by atoms with Crippen LogP contribution in [0.3, 0.4) is 0 Å². The number of benzene rings is 2. The van der Waals surface area contributed by atoms with Crippen LogP contribution in [0.2, 0.25) is 5.02 Å². The zero-order chi connectivity index (χ0) is 23.1. The van der Waals surface area contributed by atoms with E-state index in [0.29, 0.717) is 21.7 Å². The number of likely N-dealkylation sites (N-methyl/N-ethyl adjacent to an activating group) is 1. The van der Waals surface area contributed by atoms with E-state index in [2.05, 4.69) is 15.6 Å². The molecule has 168 valence electrons. The molecule has 0 spiro atoms. The third kappa shape index (κ3) is 5.98. The van der Waals surface area contributed by atoms with Gasteiger partial charge in [0.05, 0.1) is 18.7 Å². The molecule has 0 unspecified atom stereocenters. The Morgan fingerprint density at radius 1 is 1.19 bits per heavy atom. The number of hydrogen-bond acceptors (Lipinski definition) is 5. The van der Waals surface area contributed by atoms with Gasteiger partial charge in [0.1, 0.15) is 24.0 Å². The first-order chi connectivity index (χ1) is 15.4. The molecule has 3 amide bonds. The molecule has 2 N–H and O–H groups in total. The predicted molar refractivity (Wildman–Crippen MR) is 120 cm³/mol. The molecule has 2 aromatic carbocycles. The minimum atomic E-state index is -0.731. The number of urea groups is 1. The Hall–Kier alpha value is -3.59. The summed E-state index contributed by atoms with van der Waals surface area (Å²) in [5.74, 6) is 0.374. The summed E-state index contributed by atoms with van der Waals surface area (Å²) in [6.07, 6.45) is 0.794. The van der Waals surface area contributed by atoms with Crippen molar-refractivity contribution in [3.05, 3.63) is 65.1 Å². The van der Waals surface area contributed by atoms with E-state index in [1.807, 2.05) is 0 Å². The number of carbonyl (C=O) groups is 2. The molecule has 1 heterocycles. The molecule has 0 saturated carbocycles. The van der Waals surface area contributed by atoms with E-state index in [4.69, 9.17) is 21.1 Å². The maximum atomic E-state index is 13.4. The zero-order valence-electron chi connectivity index (χ0n) is 17.5. The largest absolute Gasteiger partial charge is 0.495 e. The molecule has 0 bridgehead atoms. The zero-order valence-corrected chi connectivity index (χ0v) is 18.3. The Morgan fingerprint density at radius 3 is 2.78 bits per heavy atom. The van der Waals surface area contributed by atoms with Gasteiger partial charge < -0.3 is 19.7 Å². The normalized spacial score (nSPS) is 10.5. The van der Waals surface area contributed by atoms with E-state index >= 15 is 0 Å². The van der Waals surface area contributed by atoms with Gasteiger partial charge in [-0.2, -0.15) is 0 Å². The monoisotopic (exact) mass is 460 g/mol. The van der Waals surface area contributed by atoms with E-state index in [-0.39, 0.29) is 37.4 Å². The molecule has 0 aliphatic rings. The highest BCUT2D eigenvalue weighted by Crippen LogP contribution is 2.27. The second kappa shape index (κ2) is 10.6. The van der Waals surface area contributed by atoms with Crippen LogP contribution in [0.4, 0.5) is 19.8 Å². The number of rotatable bonds is 7. The number of fused-ring (bicyclic) bond motifs is 1. The van der Waals surface area contributed by atoms with Crippen LogP contribution < -0.4 is 15.4 Å². The number of anilines is 1. The van der Waals surface area contributed by atoms with E-state index < -0.39 is 6.09 Å². The van der Waals surface area contributed by atoms with Gasteiger partial charge in [-0.3, -0.25) is 5.32 Å².